The van der Waals surface area contributed by atoms with Crippen molar-refractivity contribution in [1.29, 1.82) is 0 Å². The summed E-state index contributed by atoms with van der Waals surface area (Å²) in [7, 11) is 0. The lowest BCUT2D eigenvalue weighted by Crippen LogP contribution is -2.04. The highest BCUT2D eigenvalue weighted by atomic mass is 16.5. The van der Waals surface area contributed by atoms with Gasteiger partial charge in [-0.15, -0.1) is 0 Å². The number of nitrogens with zero attached hydrogens (tertiary/aromatic N) is 4. The summed E-state index contributed by atoms with van der Waals surface area (Å²) in [6, 6.07) is 3.56. The third-order valence-electron chi connectivity index (χ3n) is 3.10. The minimum absolute atomic E-state index is 0.139. The third-order valence-corrected chi connectivity index (χ3v) is 3.10. The van der Waals surface area contributed by atoms with Crippen molar-refractivity contribution in [2.75, 3.05) is 0 Å². The zero-order valence-electron chi connectivity index (χ0n) is 11.3. The molecule has 2 heterocycles. The smallest absolute Gasteiger partial charge is 0.336 e. The molecule has 8 heteroatoms. The maximum Gasteiger partial charge on any atom is 0.336 e. The molecule has 8 nitrogen and oxygen atoms in total. The Morgan fingerprint density at radius 3 is 2.71 bits per heavy atom. The van der Waals surface area contributed by atoms with E-state index in [2.05, 4.69) is 25.3 Å². The quantitative estimate of drug-likeness (QED) is 0.753. The van der Waals surface area contributed by atoms with Crippen molar-refractivity contribution in [2.24, 2.45) is 0 Å². The molecular formula is C13H11N5O3. The van der Waals surface area contributed by atoms with Crippen molar-refractivity contribution in [1.82, 2.24) is 25.3 Å². The Balaban J connectivity index is 2.17. The lowest BCUT2D eigenvalue weighted by Gasteiger charge is -2.08. The lowest BCUT2D eigenvalue weighted by atomic mass is 9.97. The van der Waals surface area contributed by atoms with E-state index >= 15 is 0 Å². The lowest BCUT2D eigenvalue weighted by molar-refractivity contribution is 0.0696. The van der Waals surface area contributed by atoms with Crippen LogP contribution in [0.4, 0.5) is 0 Å². The molecule has 0 radical (unpaired) electrons. The van der Waals surface area contributed by atoms with Gasteiger partial charge in [0.25, 0.3) is 5.89 Å². The van der Waals surface area contributed by atoms with Gasteiger partial charge in [-0.25, -0.2) is 9.78 Å². The molecule has 2 aromatic heterocycles. The second kappa shape index (κ2) is 4.82. The van der Waals surface area contributed by atoms with Crippen LogP contribution in [0.5, 0.6) is 0 Å². The van der Waals surface area contributed by atoms with Gasteiger partial charge in [-0.1, -0.05) is 17.3 Å². The summed E-state index contributed by atoms with van der Waals surface area (Å²) in [6.45, 7) is 3.51. The van der Waals surface area contributed by atoms with Crippen LogP contribution in [0.2, 0.25) is 0 Å². The Hall–Kier alpha value is -3.03. The van der Waals surface area contributed by atoms with Gasteiger partial charge >= 0.3 is 5.97 Å². The molecule has 0 fully saturated rings. The first kappa shape index (κ1) is 13.0. The molecule has 0 saturated heterocycles. The second-order valence-corrected chi connectivity index (χ2v) is 4.51. The predicted molar refractivity (Wildman–Crippen MR) is 71.5 cm³/mol. The first-order valence-corrected chi connectivity index (χ1v) is 6.11. The van der Waals surface area contributed by atoms with E-state index in [4.69, 9.17) is 4.52 Å². The van der Waals surface area contributed by atoms with Crippen molar-refractivity contribution >= 4 is 5.97 Å². The van der Waals surface area contributed by atoms with Gasteiger partial charge in [0.1, 0.15) is 6.33 Å². The van der Waals surface area contributed by atoms with Crippen LogP contribution < -0.4 is 0 Å². The van der Waals surface area contributed by atoms with E-state index < -0.39 is 5.97 Å². The summed E-state index contributed by atoms with van der Waals surface area (Å²) in [5.74, 6) is -0.322. The number of hydrogen-bond donors (Lipinski definition) is 2. The minimum atomic E-state index is -1.04. The standard InChI is InChI=1S/C13H11N5O3/c1-6-3-4-7(2)9(13(19)20)8(6)12-16-11(18-21-12)10-14-5-15-17-10/h3-5H,1-2H3,(H,19,20)(H,14,15,17). The number of aromatic amines is 1. The van der Waals surface area contributed by atoms with Gasteiger partial charge in [0.15, 0.2) is 5.82 Å². The summed E-state index contributed by atoms with van der Waals surface area (Å²) in [6.07, 6.45) is 1.33. The highest BCUT2D eigenvalue weighted by molar-refractivity contribution is 5.97. The summed E-state index contributed by atoms with van der Waals surface area (Å²) >= 11 is 0. The largest absolute Gasteiger partial charge is 0.478 e. The number of carboxylic acids is 1. The number of aromatic carboxylic acids is 1. The SMILES string of the molecule is Cc1ccc(C)c(-c2nc(-c3ncn[nH]3)no2)c1C(=O)O. The fourth-order valence-corrected chi connectivity index (χ4v) is 2.10. The van der Waals surface area contributed by atoms with Gasteiger partial charge in [0.2, 0.25) is 5.82 Å². The number of rotatable bonds is 3. The molecule has 3 aromatic rings. The predicted octanol–water partition coefficient (Wildman–Crippen LogP) is 1.84. The average molecular weight is 285 g/mol. The average Bonchev–Trinajstić information content (AvgIpc) is 3.10. The van der Waals surface area contributed by atoms with Crippen molar-refractivity contribution < 1.29 is 14.4 Å². The second-order valence-electron chi connectivity index (χ2n) is 4.51. The van der Waals surface area contributed by atoms with Crippen LogP contribution in [0.25, 0.3) is 23.1 Å². The summed E-state index contributed by atoms with van der Waals surface area (Å²) in [4.78, 5) is 19.6. The molecule has 0 saturated carbocycles. The number of H-pyrrole nitrogens is 1. The number of carbonyl (C=O) groups is 1. The van der Waals surface area contributed by atoms with Gasteiger partial charge in [0.05, 0.1) is 11.1 Å². The normalized spacial score (nSPS) is 10.8. The molecule has 0 aliphatic carbocycles. The Morgan fingerprint density at radius 1 is 1.29 bits per heavy atom. The summed E-state index contributed by atoms with van der Waals surface area (Å²) in [5, 5.41) is 19.5. The van der Waals surface area contributed by atoms with Gasteiger partial charge in [0, 0.05) is 0 Å². The van der Waals surface area contributed by atoms with Crippen molar-refractivity contribution in [2.45, 2.75) is 13.8 Å². The molecule has 2 N–H and O–H groups in total. The summed E-state index contributed by atoms with van der Waals surface area (Å²) < 4.78 is 5.19. The van der Waals surface area contributed by atoms with Gasteiger partial charge < -0.3 is 9.63 Å². The van der Waals surface area contributed by atoms with Gasteiger partial charge in [-0.2, -0.15) is 10.1 Å². The fraction of sp³-hybridized carbons (Fsp3) is 0.154. The molecule has 0 amide bonds. The number of hydrogen-bond acceptors (Lipinski definition) is 6. The molecule has 0 unspecified atom stereocenters. The van der Waals surface area contributed by atoms with Crippen LogP contribution in [0.3, 0.4) is 0 Å². The van der Waals surface area contributed by atoms with E-state index in [1.165, 1.54) is 6.33 Å². The van der Waals surface area contributed by atoms with Crippen LogP contribution in [-0.2, 0) is 0 Å². The van der Waals surface area contributed by atoms with E-state index in [1.54, 1.807) is 19.9 Å². The minimum Gasteiger partial charge on any atom is -0.478 e. The van der Waals surface area contributed by atoms with Crippen molar-refractivity contribution in [3.05, 3.63) is 35.2 Å². The van der Waals surface area contributed by atoms with Gasteiger partial charge in [-0.05, 0) is 25.0 Å². The number of aromatic nitrogens is 5. The molecule has 0 aliphatic heterocycles. The van der Waals surface area contributed by atoms with Crippen LogP contribution in [0.15, 0.2) is 23.0 Å². The first-order chi connectivity index (χ1) is 10.1. The number of nitrogens with one attached hydrogen (secondary N) is 1. The molecule has 21 heavy (non-hydrogen) atoms. The van der Waals surface area contributed by atoms with E-state index in [-0.39, 0.29) is 17.3 Å². The Bertz CT molecular complexity index is 807. The Labute approximate surface area is 118 Å². The van der Waals surface area contributed by atoms with E-state index in [0.29, 0.717) is 17.0 Å². The third kappa shape index (κ3) is 2.16. The Morgan fingerprint density at radius 2 is 2.05 bits per heavy atom. The molecule has 3 rings (SSSR count). The van der Waals surface area contributed by atoms with Crippen molar-refractivity contribution in [3.63, 3.8) is 0 Å². The highest BCUT2D eigenvalue weighted by Gasteiger charge is 2.22. The number of carboxylic acid groups (broad SMARTS) is 1. The molecule has 0 spiro atoms. The van der Waals surface area contributed by atoms with E-state index in [9.17, 15) is 9.90 Å². The molecule has 106 valence electrons. The molecule has 1 aromatic carbocycles. The Kier molecular flexibility index (Phi) is 2.98. The first-order valence-electron chi connectivity index (χ1n) is 6.11. The van der Waals surface area contributed by atoms with Crippen molar-refractivity contribution in [3.8, 4) is 23.1 Å². The van der Waals surface area contributed by atoms with E-state index in [1.807, 2.05) is 6.07 Å². The topological polar surface area (TPSA) is 118 Å². The fourth-order valence-electron chi connectivity index (χ4n) is 2.10. The van der Waals surface area contributed by atoms with Crippen LogP contribution in [-0.4, -0.2) is 36.4 Å². The summed E-state index contributed by atoms with van der Waals surface area (Å²) in [5.41, 5.74) is 1.94. The molecule has 0 atom stereocenters. The maximum atomic E-state index is 11.5. The number of benzene rings is 1. The van der Waals surface area contributed by atoms with Crippen LogP contribution in [0, 0.1) is 13.8 Å². The van der Waals surface area contributed by atoms with Crippen LogP contribution >= 0.6 is 0 Å². The number of aryl methyl sites for hydroxylation is 2. The molecular weight excluding hydrogens is 274 g/mol. The zero-order chi connectivity index (χ0) is 15.0. The molecule has 0 aliphatic rings. The maximum absolute atomic E-state index is 11.5. The van der Waals surface area contributed by atoms with Crippen LogP contribution in [0.1, 0.15) is 21.5 Å². The molecule has 0 bridgehead atoms. The highest BCUT2D eigenvalue weighted by Crippen LogP contribution is 2.29. The monoisotopic (exact) mass is 285 g/mol. The zero-order valence-corrected chi connectivity index (χ0v) is 11.3. The van der Waals surface area contributed by atoms with Gasteiger partial charge in [-0.3, -0.25) is 5.10 Å². The van der Waals surface area contributed by atoms with E-state index in [0.717, 1.165) is 5.56 Å².